The van der Waals surface area contributed by atoms with E-state index in [-0.39, 0.29) is 38.3 Å². The van der Waals surface area contributed by atoms with Crippen LogP contribution in [-0.2, 0) is 23.8 Å². The molecule has 0 fully saturated rings. The maximum absolute atomic E-state index is 13.5. The number of carboxylic acids is 1. The number of aliphatic hydroxyl groups is 1. The van der Waals surface area contributed by atoms with Crippen molar-refractivity contribution in [3.05, 3.63) is 24.3 Å². The molecular weight excluding hydrogens is 508 g/mol. The smallest absolute Gasteiger partial charge is 0.408 e. The number of hydrogen-bond donors (Lipinski definition) is 3. The largest absolute Gasteiger partial charge is 0.481 e. The van der Waals surface area contributed by atoms with Crippen LogP contribution in [-0.4, -0.2) is 79.6 Å². The zero-order valence-electron chi connectivity index (χ0n) is 23.9. The van der Waals surface area contributed by atoms with Gasteiger partial charge in [0.05, 0.1) is 24.9 Å². The average molecular weight is 553 g/mol. The van der Waals surface area contributed by atoms with Crippen LogP contribution in [0.4, 0.5) is 10.5 Å². The molecule has 0 unspecified atom stereocenters. The van der Waals surface area contributed by atoms with Gasteiger partial charge in [-0.3, -0.25) is 4.79 Å². The first-order valence-corrected chi connectivity index (χ1v) is 13.3. The monoisotopic (exact) mass is 552 g/mol. The van der Waals surface area contributed by atoms with Gasteiger partial charge in [-0.15, -0.1) is 0 Å². The Labute approximate surface area is 230 Å². The number of rotatable bonds is 15. The minimum atomic E-state index is -1.70. The molecule has 11 heteroatoms. The second-order valence-electron chi connectivity index (χ2n) is 11.0. The number of anilines is 1. The number of ether oxygens (including phenoxy) is 4. The van der Waals surface area contributed by atoms with E-state index in [0.717, 1.165) is 6.42 Å². The molecule has 0 radical (unpaired) electrons. The molecule has 11 nitrogen and oxygen atoms in total. The highest BCUT2D eigenvalue weighted by Gasteiger charge is 2.39. The van der Waals surface area contributed by atoms with Crippen molar-refractivity contribution in [3.8, 4) is 5.75 Å². The van der Waals surface area contributed by atoms with E-state index in [1.54, 1.807) is 11.0 Å². The molecule has 0 saturated heterocycles. The van der Waals surface area contributed by atoms with Crippen molar-refractivity contribution < 1.29 is 43.5 Å². The van der Waals surface area contributed by atoms with Crippen molar-refractivity contribution >= 4 is 23.7 Å². The van der Waals surface area contributed by atoms with Gasteiger partial charge in [0.25, 0.3) is 0 Å². The fraction of sp³-hybridized carbons (Fsp3) is 0.679. The van der Waals surface area contributed by atoms with Gasteiger partial charge in [-0.2, -0.15) is 0 Å². The third-order valence-electron chi connectivity index (χ3n) is 6.88. The zero-order valence-corrected chi connectivity index (χ0v) is 23.9. The summed E-state index contributed by atoms with van der Waals surface area (Å²) >= 11 is 0. The molecule has 1 aliphatic heterocycles. The van der Waals surface area contributed by atoms with Crippen LogP contribution in [0.1, 0.15) is 66.2 Å². The lowest BCUT2D eigenvalue weighted by Crippen LogP contribution is -2.54. The Morgan fingerprint density at radius 1 is 1.18 bits per heavy atom. The number of carboxylic acid groups (broad SMARTS) is 1. The van der Waals surface area contributed by atoms with Gasteiger partial charge in [0.15, 0.2) is 12.4 Å². The number of carbonyl (C=O) groups excluding carboxylic acids is 2. The minimum absolute atomic E-state index is 0.118. The summed E-state index contributed by atoms with van der Waals surface area (Å²) in [5.41, 5.74) is -1.54. The quantitative estimate of drug-likeness (QED) is 0.219. The predicted octanol–water partition coefficient (Wildman–Crippen LogP) is 3.72. The molecule has 3 N–H and O–H groups in total. The molecule has 0 bridgehead atoms. The fourth-order valence-electron chi connectivity index (χ4n) is 4.52. The van der Waals surface area contributed by atoms with Crippen LogP contribution in [0.2, 0.25) is 0 Å². The maximum Gasteiger partial charge on any atom is 0.408 e. The zero-order chi connectivity index (χ0) is 29.2. The number of unbranched alkanes of at least 4 members (excludes halogenated alkanes) is 1. The third-order valence-corrected chi connectivity index (χ3v) is 6.88. The summed E-state index contributed by atoms with van der Waals surface area (Å²) in [4.78, 5) is 39.1. The number of aliphatic hydroxyl groups excluding tert-OH is 1. The Balaban J connectivity index is 2.01. The maximum atomic E-state index is 13.5. The summed E-state index contributed by atoms with van der Waals surface area (Å²) in [6.45, 7) is 7.58. The predicted molar refractivity (Wildman–Crippen MR) is 145 cm³/mol. The molecule has 1 aromatic rings. The van der Waals surface area contributed by atoms with Crippen molar-refractivity contribution in [2.75, 3.05) is 32.3 Å². The molecule has 0 aromatic heterocycles. The second-order valence-corrected chi connectivity index (χ2v) is 11.0. The van der Waals surface area contributed by atoms with Gasteiger partial charge >= 0.3 is 12.1 Å². The lowest BCUT2D eigenvalue weighted by atomic mass is 9.81. The van der Waals surface area contributed by atoms with E-state index in [9.17, 15) is 24.6 Å². The summed E-state index contributed by atoms with van der Waals surface area (Å²) in [6, 6.07) is 7.27. The molecule has 0 saturated carbocycles. The van der Waals surface area contributed by atoms with Crippen LogP contribution in [0.3, 0.4) is 0 Å². The lowest BCUT2D eigenvalue weighted by molar-refractivity contribution is -0.156. The van der Waals surface area contributed by atoms with Crippen LogP contribution in [0.15, 0.2) is 24.3 Å². The number of nitrogens with zero attached hydrogens (tertiary/aromatic N) is 1. The number of aliphatic carboxylic acids is 1. The molecule has 3 atom stereocenters. The molecule has 220 valence electrons. The number of hydrogen-bond acceptors (Lipinski definition) is 8. The summed E-state index contributed by atoms with van der Waals surface area (Å²) in [5.74, 6) is -0.828. The van der Waals surface area contributed by atoms with E-state index in [1.807, 2.05) is 39.0 Å². The molecular formula is C28H44N2O9. The van der Waals surface area contributed by atoms with E-state index < -0.39 is 41.5 Å². The number of amides is 2. The summed E-state index contributed by atoms with van der Waals surface area (Å²) in [6.07, 6.45) is -0.848. The number of para-hydroxylation sites is 2. The average Bonchev–Trinajstić information content (AvgIpc) is 2.87. The Bertz CT molecular complexity index is 966. The Kier molecular flexibility index (Phi) is 12.0. The fourth-order valence-corrected chi connectivity index (χ4v) is 4.52. The molecule has 1 aliphatic rings. The summed E-state index contributed by atoms with van der Waals surface area (Å²) in [7, 11) is 3.03. The van der Waals surface area contributed by atoms with Crippen LogP contribution in [0, 0.1) is 5.41 Å². The normalized spacial score (nSPS) is 17.5. The topological polar surface area (TPSA) is 144 Å². The number of benzene rings is 1. The van der Waals surface area contributed by atoms with Crippen molar-refractivity contribution in [2.24, 2.45) is 5.41 Å². The number of carbonyl (C=O) groups is 3. The Morgan fingerprint density at radius 3 is 2.46 bits per heavy atom. The van der Waals surface area contributed by atoms with E-state index in [4.69, 9.17) is 18.9 Å². The van der Waals surface area contributed by atoms with Crippen molar-refractivity contribution in [3.63, 3.8) is 0 Å². The Morgan fingerprint density at radius 2 is 1.85 bits per heavy atom. The van der Waals surface area contributed by atoms with Crippen molar-refractivity contribution in [1.82, 2.24) is 5.32 Å². The SMILES string of the molecule is CCCCOC(=O)N[C@](C)(C[C@@H](O)CCC(C)(C)CC(=O)N1C[C@H](C(OC)OC)Oc2ccccc21)C(=O)O. The molecule has 0 aliphatic carbocycles. The highest BCUT2D eigenvalue weighted by atomic mass is 16.7. The third kappa shape index (κ3) is 9.36. The Hall–Kier alpha value is -2.89. The van der Waals surface area contributed by atoms with Gasteiger partial charge in [0.1, 0.15) is 11.3 Å². The van der Waals surface area contributed by atoms with Gasteiger partial charge in [0, 0.05) is 27.1 Å². The molecule has 1 heterocycles. The van der Waals surface area contributed by atoms with Gasteiger partial charge in [0.2, 0.25) is 5.91 Å². The molecule has 1 aromatic carbocycles. The van der Waals surface area contributed by atoms with Crippen molar-refractivity contribution in [2.45, 2.75) is 90.3 Å². The lowest BCUT2D eigenvalue weighted by Gasteiger charge is -2.38. The van der Waals surface area contributed by atoms with Gasteiger partial charge in [-0.1, -0.05) is 39.3 Å². The van der Waals surface area contributed by atoms with E-state index in [1.165, 1.54) is 21.1 Å². The molecule has 2 amide bonds. The molecule has 0 spiro atoms. The number of fused-ring (bicyclic) bond motifs is 1. The summed E-state index contributed by atoms with van der Waals surface area (Å²) in [5, 5.41) is 22.8. The van der Waals surface area contributed by atoms with Crippen LogP contribution < -0.4 is 15.0 Å². The first kappa shape index (κ1) is 32.3. The van der Waals surface area contributed by atoms with Crippen LogP contribution in [0.5, 0.6) is 5.75 Å². The first-order valence-electron chi connectivity index (χ1n) is 13.3. The highest BCUT2D eigenvalue weighted by Crippen LogP contribution is 2.37. The number of nitrogens with one attached hydrogen (secondary N) is 1. The van der Waals surface area contributed by atoms with Crippen molar-refractivity contribution in [1.29, 1.82) is 0 Å². The van der Waals surface area contributed by atoms with Crippen LogP contribution >= 0.6 is 0 Å². The van der Waals surface area contributed by atoms with E-state index in [2.05, 4.69) is 5.32 Å². The van der Waals surface area contributed by atoms with E-state index in [0.29, 0.717) is 24.3 Å². The molecule has 39 heavy (non-hydrogen) atoms. The van der Waals surface area contributed by atoms with Crippen LogP contribution in [0.25, 0.3) is 0 Å². The van der Waals surface area contributed by atoms with Gasteiger partial charge in [-0.05, 0) is 43.7 Å². The standard InChI is InChI=1S/C28H44N2O9/c1-7-8-15-38-26(35)29-28(4,25(33)34)16-19(31)13-14-27(2,3)17-23(32)30-18-22(24(36-5)37-6)39-21-12-10-9-11-20(21)30/h9-12,19,22,24,31H,7-8,13-18H2,1-6H3,(H,29,35)(H,33,34)/t19-,22+,28+/m0/s1. The first-order chi connectivity index (χ1) is 18.4. The number of methoxy groups -OCH3 is 2. The van der Waals surface area contributed by atoms with Gasteiger partial charge in [-0.25, -0.2) is 9.59 Å². The van der Waals surface area contributed by atoms with E-state index >= 15 is 0 Å². The molecule has 2 rings (SSSR count). The number of alkyl carbamates (subject to hydrolysis) is 1. The summed E-state index contributed by atoms with van der Waals surface area (Å²) < 4.78 is 21.8. The second kappa shape index (κ2) is 14.5. The highest BCUT2D eigenvalue weighted by molar-refractivity contribution is 5.95. The van der Waals surface area contributed by atoms with Gasteiger partial charge < -0.3 is 39.4 Å². The minimum Gasteiger partial charge on any atom is -0.481 e.